The van der Waals surface area contributed by atoms with Gasteiger partial charge in [0.25, 0.3) is 0 Å². The van der Waals surface area contributed by atoms with E-state index in [0.717, 1.165) is 12.2 Å². The number of amidine groups is 1. The monoisotopic (exact) mass is 326 g/mol. The van der Waals surface area contributed by atoms with Crippen molar-refractivity contribution in [3.05, 3.63) is 53.1 Å². The molecule has 2 aliphatic rings. The molecule has 1 fully saturated rings. The first-order chi connectivity index (χ1) is 11.1. The van der Waals surface area contributed by atoms with Crippen LogP contribution in [0.15, 0.2) is 35.5 Å². The maximum absolute atomic E-state index is 5.04. The minimum atomic E-state index is 0.0895. The van der Waals surface area contributed by atoms with Crippen LogP contribution in [0.2, 0.25) is 0 Å². The van der Waals surface area contributed by atoms with Crippen LogP contribution in [0.1, 0.15) is 41.7 Å². The summed E-state index contributed by atoms with van der Waals surface area (Å²) in [5, 5.41) is 1.78. The van der Waals surface area contributed by atoms with E-state index in [1.54, 1.807) is 0 Å². The first-order valence-electron chi connectivity index (χ1n) is 8.11. The predicted molar refractivity (Wildman–Crippen MR) is 95.8 cm³/mol. The number of aryl methyl sites for hydroxylation is 1. The van der Waals surface area contributed by atoms with Crippen LogP contribution in [0.3, 0.4) is 0 Å². The van der Waals surface area contributed by atoms with E-state index in [9.17, 15) is 0 Å². The Labute approximate surface area is 141 Å². The summed E-state index contributed by atoms with van der Waals surface area (Å²) in [6.45, 7) is 7.72. The molecule has 0 N–H and O–H groups in total. The van der Waals surface area contributed by atoms with E-state index in [1.807, 2.05) is 24.0 Å². The second-order valence-corrected chi connectivity index (χ2v) is 7.93. The van der Waals surface area contributed by atoms with Gasteiger partial charge < -0.3 is 9.47 Å². The van der Waals surface area contributed by atoms with Gasteiger partial charge in [-0.15, -0.1) is 0 Å². The molecule has 4 rings (SSSR count). The van der Waals surface area contributed by atoms with Gasteiger partial charge in [-0.25, -0.2) is 0 Å². The third-order valence-electron chi connectivity index (χ3n) is 5.01. The molecule has 2 aliphatic heterocycles. The number of thioether (sulfide) groups is 1. The number of pyridine rings is 1. The van der Waals surface area contributed by atoms with Crippen LogP contribution in [-0.2, 0) is 7.05 Å². The number of hydrogen-bond donors (Lipinski definition) is 0. The molecular weight excluding hydrogens is 304 g/mol. The summed E-state index contributed by atoms with van der Waals surface area (Å²) in [4.78, 5) is 12.1. The molecule has 5 heteroatoms. The van der Waals surface area contributed by atoms with Crippen LogP contribution >= 0.6 is 11.8 Å². The van der Waals surface area contributed by atoms with Crippen molar-refractivity contribution in [2.75, 3.05) is 6.54 Å². The molecule has 0 saturated carbocycles. The highest BCUT2D eigenvalue weighted by Crippen LogP contribution is 2.48. The number of rotatable bonds is 2. The lowest BCUT2D eigenvalue weighted by Crippen LogP contribution is -2.28. The molecule has 0 amide bonds. The van der Waals surface area contributed by atoms with Crippen LogP contribution < -0.4 is 0 Å². The number of aromatic nitrogens is 2. The Hall–Kier alpha value is -1.75. The molecular formula is C18H22N4S. The van der Waals surface area contributed by atoms with Gasteiger partial charge in [0.2, 0.25) is 0 Å². The second-order valence-electron chi connectivity index (χ2n) is 6.52. The van der Waals surface area contributed by atoms with Crippen molar-refractivity contribution in [1.29, 1.82) is 0 Å². The molecule has 4 nitrogen and oxygen atoms in total. The summed E-state index contributed by atoms with van der Waals surface area (Å²) in [5.41, 5.74) is 5.07. The first-order valence-corrected chi connectivity index (χ1v) is 8.99. The highest BCUT2D eigenvalue weighted by molar-refractivity contribution is 8.14. The predicted octanol–water partition coefficient (Wildman–Crippen LogP) is 3.63. The topological polar surface area (TPSA) is 33.4 Å². The quantitative estimate of drug-likeness (QED) is 0.845. The van der Waals surface area contributed by atoms with E-state index in [4.69, 9.17) is 4.99 Å². The molecule has 0 aliphatic carbocycles. The van der Waals surface area contributed by atoms with Gasteiger partial charge in [0.15, 0.2) is 5.17 Å². The van der Waals surface area contributed by atoms with Gasteiger partial charge in [-0.3, -0.25) is 9.98 Å². The third kappa shape index (κ3) is 2.29. The molecule has 2 aromatic rings. The standard InChI is InChI=1S/C18H22N4S/c1-11-9-14(13(3)21(11)4)17-16(15-7-5-6-8-19-15)20-18-22(17)10-12(2)23-18/h5-9,12,16-17H,10H2,1-4H3. The highest BCUT2D eigenvalue weighted by atomic mass is 32.2. The van der Waals surface area contributed by atoms with E-state index in [2.05, 4.69) is 60.5 Å². The Morgan fingerprint density at radius 3 is 2.74 bits per heavy atom. The molecule has 3 atom stereocenters. The lowest BCUT2D eigenvalue weighted by molar-refractivity contribution is 0.320. The highest BCUT2D eigenvalue weighted by Gasteiger charge is 2.44. The summed E-state index contributed by atoms with van der Waals surface area (Å²) < 4.78 is 2.27. The van der Waals surface area contributed by atoms with E-state index in [-0.39, 0.29) is 12.1 Å². The van der Waals surface area contributed by atoms with Gasteiger partial charge in [-0.2, -0.15) is 0 Å². The molecule has 120 valence electrons. The molecule has 1 saturated heterocycles. The summed E-state index contributed by atoms with van der Waals surface area (Å²) in [6, 6.07) is 8.80. The number of aliphatic imine (C=N–C) groups is 1. The van der Waals surface area contributed by atoms with E-state index >= 15 is 0 Å². The van der Waals surface area contributed by atoms with Crippen molar-refractivity contribution in [2.24, 2.45) is 12.0 Å². The molecule has 2 aromatic heterocycles. The van der Waals surface area contributed by atoms with Gasteiger partial charge in [0.05, 0.1) is 11.7 Å². The van der Waals surface area contributed by atoms with E-state index in [0.29, 0.717) is 5.25 Å². The van der Waals surface area contributed by atoms with Gasteiger partial charge in [0.1, 0.15) is 6.04 Å². The lowest BCUT2D eigenvalue weighted by Gasteiger charge is -2.27. The molecule has 23 heavy (non-hydrogen) atoms. The van der Waals surface area contributed by atoms with Crippen molar-refractivity contribution in [3.63, 3.8) is 0 Å². The Morgan fingerprint density at radius 1 is 1.26 bits per heavy atom. The molecule has 0 radical (unpaired) electrons. The fourth-order valence-corrected chi connectivity index (χ4v) is 4.73. The van der Waals surface area contributed by atoms with Gasteiger partial charge in [-0.1, -0.05) is 24.8 Å². The maximum atomic E-state index is 5.04. The maximum Gasteiger partial charge on any atom is 0.160 e. The van der Waals surface area contributed by atoms with Crippen molar-refractivity contribution in [2.45, 2.75) is 38.1 Å². The average molecular weight is 326 g/mol. The third-order valence-corrected chi connectivity index (χ3v) is 6.12. The van der Waals surface area contributed by atoms with Gasteiger partial charge >= 0.3 is 0 Å². The van der Waals surface area contributed by atoms with Crippen molar-refractivity contribution < 1.29 is 0 Å². The van der Waals surface area contributed by atoms with Crippen molar-refractivity contribution in [1.82, 2.24) is 14.5 Å². The van der Waals surface area contributed by atoms with Crippen molar-refractivity contribution in [3.8, 4) is 0 Å². The van der Waals surface area contributed by atoms with Crippen LogP contribution in [0.25, 0.3) is 0 Å². The fraction of sp³-hybridized carbons (Fsp3) is 0.444. The Bertz CT molecular complexity index is 765. The SMILES string of the molecule is Cc1cc(C2C(c3ccccn3)N=C3SC(C)CN32)c(C)n1C. The van der Waals surface area contributed by atoms with Gasteiger partial charge in [0, 0.05) is 36.4 Å². The second kappa shape index (κ2) is 5.41. The molecule has 0 bridgehead atoms. The number of nitrogens with zero attached hydrogens (tertiary/aromatic N) is 4. The van der Waals surface area contributed by atoms with Crippen LogP contribution in [0, 0.1) is 13.8 Å². The zero-order valence-corrected chi connectivity index (χ0v) is 14.8. The molecule has 0 aromatic carbocycles. The van der Waals surface area contributed by atoms with Crippen LogP contribution in [0.4, 0.5) is 0 Å². The zero-order valence-electron chi connectivity index (χ0n) is 14.0. The smallest absolute Gasteiger partial charge is 0.160 e. The van der Waals surface area contributed by atoms with Crippen molar-refractivity contribution >= 4 is 16.9 Å². The zero-order chi connectivity index (χ0) is 16.1. The van der Waals surface area contributed by atoms with Crippen LogP contribution in [0.5, 0.6) is 0 Å². The summed E-state index contributed by atoms with van der Waals surface area (Å²) in [7, 11) is 2.14. The first kappa shape index (κ1) is 14.8. The summed E-state index contributed by atoms with van der Waals surface area (Å²) >= 11 is 1.89. The average Bonchev–Trinajstić information content (AvgIpc) is 3.15. The van der Waals surface area contributed by atoms with Gasteiger partial charge in [-0.05, 0) is 37.6 Å². The Morgan fingerprint density at radius 2 is 2.09 bits per heavy atom. The van der Waals surface area contributed by atoms with E-state index < -0.39 is 0 Å². The normalized spacial score (nSPS) is 26.5. The largest absolute Gasteiger partial charge is 0.352 e. The summed E-state index contributed by atoms with van der Waals surface area (Å²) in [6.07, 6.45) is 1.87. The summed E-state index contributed by atoms with van der Waals surface area (Å²) in [5.74, 6) is 0. The number of fused-ring (bicyclic) bond motifs is 1. The lowest BCUT2D eigenvalue weighted by atomic mass is 9.96. The Kier molecular flexibility index (Phi) is 3.48. The minimum Gasteiger partial charge on any atom is -0.352 e. The molecule has 3 unspecified atom stereocenters. The Balaban J connectivity index is 1.82. The number of hydrogen-bond acceptors (Lipinski definition) is 4. The van der Waals surface area contributed by atoms with Crippen LogP contribution in [-0.4, -0.2) is 31.4 Å². The fourth-order valence-electron chi connectivity index (χ4n) is 3.64. The van der Waals surface area contributed by atoms with E-state index in [1.165, 1.54) is 22.1 Å². The molecule has 4 heterocycles. The molecule has 0 spiro atoms. The minimum absolute atomic E-state index is 0.0895.